The predicted octanol–water partition coefficient (Wildman–Crippen LogP) is -2.16. The standard InChI is InChI=1S/2C3H4O2.Fe/c2*1-2-3(4)5;/h2*2H,1H2,(H,4,5);/q;;+2/p-2. The number of carboxylic acid groups (broad SMARTS) is 2. The van der Waals surface area contributed by atoms with Crippen LogP contribution in [0.1, 0.15) is 0 Å². The summed E-state index contributed by atoms with van der Waals surface area (Å²) in [7, 11) is 0. The third-order valence-corrected chi connectivity index (χ3v) is 0.333. The second-order valence-corrected chi connectivity index (χ2v) is 1.05. The molecule has 0 amide bonds. The normalized spacial score (nSPS) is 5.82. The van der Waals surface area contributed by atoms with Crippen LogP contribution in [0.3, 0.4) is 0 Å². The molecule has 11 heavy (non-hydrogen) atoms. The van der Waals surface area contributed by atoms with E-state index >= 15 is 0 Å². The Morgan fingerprint density at radius 3 is 1.09 bits per heavy atom. The molecule has 0 saturated heterocycles. The van der Waals surface area contributed by atoms with Crippen molar-refractivity contribution in [3.8, 4) is 0 Å². The first kappa shape index (κ1) is 16.5. The van der Waals surface area contributed by atoms with Gasteiger partial charge in [-0.25, -0.2) is 0 Å². The summed E-state index contributed by atoms with van der Waals surface area (Å²) in [6, 6.07) is 0. The Hall–Kier alpha value is -1.06. The average Bonchev–Trinajstić information content (AvgIpc) is 1.89. The van der Waals surface area contributed by atoms with Gasteiger partial charge in [0.2, 0.25) is 0 Å². The SMILES string of the molecule is C=CC(=O)[O-].C=CC(=O)[O-].[Fe+2]. The zero-order valence-electron chi connectivity index (χ0n) is 5.56. The molecule has 0 bridgehead atoms. The van der Waals surface area contributed by atoms with E-state index < -0.39 is 11.9 Å². The predicted molar refractivity (Wildman–Crippen MR) is 30.4 cm³/mol. The molecule has 0 aromatic rings. The van der Waals surface area contributed by atoms with E-state index in [0.29, 0.717) is 0 Å². The Bertz CT molecular complexity index is 135. The Labute approximate surface area is 74.7 Å². The summed E-state index contributed by atoms with van der Waals surface area (Å²) in [4.78, 5) is 18.3. The summed E-state index contributed by atoms with van der Waals surface area (Å²) in [6.07, 6.45) is 1.44. The number of carboxylic acids is 2. The van der Waals surface area contributed by atoms with Crippen LogP contribution in [0, 0.1) is 0 Å². The van der Waals surface area contributed by atoms with Crippen molar-refractivity contribution in [2.75, 3.05) is 0 Å². The van der Waals surface area contributed by atoms with Crippen molar-refractivity contribution in [2.24, 2.45) is 0 Å². The molecular weight excluding hydrogens is 192 g/mol. The number of rotatable bonds is 2. The van der Waals surface area contributed by atoms with Gasteiger partial charge < -0.3 is 19.8 Å². The van der Waals surface area contributed by atoms with Gasteiger partial charge in [-0.2, -0.15) is 0 Å². The van der Waals surface area contributed by atoms with Crippen molar-refractivity contribution in [2.45, 2.75) is 0 Å². The van der Waals surface area contributed by atoms with E-state index in [1.807, 2.05) is 0 Å². The number of hydrogen-bond donors (Lipinski definition) is 0. The van der Waals surface area contributed by atoms with Crippen molar-refractivity contribution < 1.29 is 36.9 Å². The van der Waals surface area contributed by atoms with Crippen LogP contribution in [-0.4, -0.2) is 11.9 Å². The van der Waals surface area contributed by atoms with Crippen LogP contribution in [0.25, 0.3) is 0 Å². The fraction of sp³-hybridized carbons (Fsp3) is 0. The first-order valence-electron chi connectivity index (χ1n) is 2.21. The molecule has 62 valence electrons. The molecule has 0 radical (unpaired) electrons. The van der Waals surface area contributed by atoms with Gasteiger partial charge in [-0.3, -0.25) is 0 Å². The van der Waals surface area contributed by atoms with Gasteiger partial charge in [0, 0.05) is 0 Å². The molecule has 0 atom stereocenters. The Morgan fingerprint density at radius 2 is 1.09 bits per heavy atom. The van der Waals surface area contributed by atoms with Gasteiger partial charge in [-0.05, 0) is 12.2 Å². The van der Waals surface area contributed by atoms with Gasteiger partial charge in [-0.1, -0.05) is 13.2 Å². The third kappa shape index (κ3) is 49.8. The van der Waals surface area contributed by atoms with Crippen LogP contribution in [-0.2, 0) is 26.7 Å². The van der Waals surface area contributed by atoms with E-state index in [1.165, 1.54) is 0 Å². The van der Waals surface area contributed by atoms with Crippen molar-refractivity contribution in [1.29, 1.82) is 0 Å². The zero-order valence-corrected chi connectivity index (χ0v) is 6.66. The maximum Gasteiger partial charge on any atom is 2.00 e. The molecule has 5 heteroatoms. The molecule has 4 nitrogen and oxygen atoms in total. The largest absolute Gasteiger partial charge is 2.00 e. The van der Waals surface area contributed by atoms with Gasteiger partial charge in [-0.15, -0.1) is 0 Å². The summed E-state index contributed by atoms with van der Waals surface area (Å²) in [5.41, 5.74) is 0. The minimum absolute atomic E-state index is 0. The van der Waals surface area contributed by atoms with Crippen molar-refractivity contribution in [3.63, 3.8) is 0 Å². The Balaban J connectivity index is -0.000000107. The van der Waals surface area contributed by atoms with E-state index in [0.717, 1.165) is 12.2 Å². The quantitative estimate of drug-likeness (QED) is 0.374. The topological polar surface area (TPSA) is 80.3 Å². The zero-order chi connectivity index (χ0) is 8.57. The maximum absolute atomic E-state index is 9.14. The second kappa shape index (κ2) is 11.7. The molecule has 0 rings (SSSR count). The molecule has 0 N–H and O–H groups in total. The molecule has 0 heterocycles. The Morgan fingerprint density at radius 1 is 1.00 bits per heavy atom. The molecule has 0 aromatic heterocycles. The van der Waals surface area contributed by atoms with Gasteiger partial charge in [0.1, 0.15) is 0 Å². The van der Waals surface area contributed by atoms with E-state index in [4.69, 9.17) is 19.8 Å². The van der Waals surface area contributed by atoms with Crippen molar-refractivity contribution in [3.05, 3.63) is 25.3 Å². The molecule has 0 saturated carbocycles. The van der Waals surface area contributed by atoms with E-state index in [2.05, 4.69) is 13.2 Å². The average molecular weight is 198 g/mol. The minimum Gasteiger partial charge on any atom is -0.545 e. The van der Waals surface area contributed by atoms with Gasteiger partial charge >= 0.3 is 17.1 Å². The summed E-state index contributed by atoms with van der Waals surface area (Å²) in [6.45, 7) is 5.80. The van der Waals surface area contributed by atoms with Crippen LogP contribution in [0.2, 0.25) is 0 Å². The van der Waals surface area contributed by atoms with Gasteiger partial charge in [0.15, 0.2) is 0 Å². The molecule has 0 fully saturated rings. The number of aliphatic carboxylic acids is 2. The number of carbonyl (C=O) groups excluding carboxylic acids is 2. The number of carbonyl (C=O) groups is 2. The first-order chi connectivity index (χ1) is 4.54. The number of hydrogen-bond acceptors (Lipinski definition) is 4. The molecule has 0 aliphatic heterocycles. The molecule has 0 unspecified atom stereocenters. The van der Waals surface area contributed by atoms with Gasteiger partial charge in [0.05, 0.1) is 11.9 Å². The van der Waals surface area contributed by atoms with E-state index in [1.54, 1.807) is 0 Å². The van der Waals surface area contributed by atoms with E-state index in [9.17, 15) is 0 Å². The van der Waals surface area contributed by atoms with Crippen molar-refractivity contribution in [1.82, 2.24) is 0 Å². The molecule has 0 aliphatic carbocycles. The van der Waals surface area contributed by atoms with Gasteiger partial charge in [0.25, 0.3) is 0 Å². The van der Waals surface area contributed by atoms with Crippen LogP contribution in [0.4, 0.5) is 0 Å². The summed E-state index contributed by atoms with van der Waals surface area (Å²) in [5, 5.41) is 18.3. The van der Waals surface area contributed by atoms with Crippen LogP contribution < -0.4 is 10.2 Å². The summed E-state index contributed by atoms with van der Waals surface area (Å²) < 4.78 is 0. The van der Waals surface area contributed by atoms with Crippen molar-refractivity contribution >= 4 is 11.9 Å². The van der Waals surface area contributed by atoms with Crippen LogP contribution in [0.15, 0.2) is 25.3 Å². The van der Waals surface area contributed by atoms with E-state index in [-0.39, 0.29) is 17.1 Å². The van der Waals surface area contributed by atoms with Crippen LogP contribution in [0.5, 0.6) is 0 Å². The Kier molecular flexibility index (Phi) is 17.5. The fourth-order valence-corrected chi connectivity index (χ4v) is 0. The van der Waals surface area contributed by atoms with Crippen LogP contribution >= 0.6 is 0 Å². The second-order valence-electron chi connectivity index (χ2n) is 1.05. The first-order valence-corrected chi connectivity index (χ1v) is 2.21. The molecule has 0 spiro atoms. The molecule has 0 aliphatic rings. The maximum atomic E-state index is 9.14. The smallest absolute Gasteiger partial charge is 0.545 e. The summed E-state index contributed by atoms with van der Waals surface area (Å²) in [5.74, 6) is -2.46. The minimum atomic E-state index is -1.23. The summed E-state index contributed by atoms with van der Waals surface area (Å²) >= 11 is 0. The third-order valence-electron chi connectivity index (χ3n) is 0.333. The molecular formula is C6H6FeO4. The molecule has 0 aromatic carbocycles. The fourth-order valence-electron chi connectivity index (χ4n) is 0. The monoisotopic (exact) mass is 198 g/mol.